The Kier molecular flexibility index (Phi) is 2.93. The van der Waals surface area contributed by atoms with E-state index in [1.165, 1.54) is 6.07 Å². The van der Waals surface area contributed by atoms with Gasteiger partial charge < -0.3 is 0 Å². The van der Waals surface area contributed by atoms with E-state index in [9.17, 15) is 4.39 Å². The maximum absolute atomic E-state index is 13.8. The summed E-state index contributed by atoms with van der Waals surface area (Å²) >= 11 is 0. The van der Waals surface area contributed by atoms with E-state index in [0.717, 1.165) is 11.1 Å². The second-order valence-corrected chi connectivity index (χ2v) is 4.14. The van der Waals surface area contributed by atoms with Crippen molar-refractivity contribution in [3.05, 3.63) is 58.9 Å². The van der Waals surface area contributed by atoms with Gasteiger partial charge in [0.2, 0.25) is 0 Å². The van der Waals surface area contributed by atoms with Crippen molar-refractivity contribution in [2.45, 2.75) is 13.8 Å². The highest BCUT2D eigenvalue weighted by molar-refractivity contribution is 5.71. The second kappa shape index (κ2) is 4.39. The Labute approximate surface area is 100 Å². The molecule has 0 spiro atoms. The number of benzene rings is 2. The summed E-state index contributed by atoms with van der Waals surface area (Å²) in [4.78, 5) is 0. The maximum Gasteiger partial charge on any atom is 0.131 e. The van der Waals surface area contributed by atoms with E-state index in [-0.39, 0.29) is 5.82 Å². The molecule has 0 N–H and O–H groups in total. The van der Waals surface area contributed by atoms with Crippen LogP contribution in [0.15, 0.2) is 36.4 Å². The smallest absolute Gasteiger partial charge is 0.131 e. The summed E-state index contributed by atoms with van der Waals surface area (Å²) in [6.07, 6.45) is 0. The van der Waals surface area contributed by atoms with Crippen LogP contribution in [0.5, 0.6) is 0 Å². The van der Waals surface area contributed by atoms with Crippen LogP contribution < -0.4 is 0 Å². The molecule has 0 aliphatic carbocycles. The first kappa shape index (κ1) is 11.3. The Balaban J connectivity index is 2.65. The lowest BCUT2D eigenvalue weighted by molar-refractivity contribution is 0.630. The fourth-order valence-electron chi connectivity index (χ4n) is 1.82. The Bertz CT molecular complexity index is 609. The molecule has 17 heavy (non-hydrogen) atoms. The predicted molar refractivity (Wildman–Crippen MR) is 66.0 cm³/mol. The topological polar surface area (TPSA) is 23.8 Å². The molecule has 0 aliphatic rings. The first-order chi connectivity index (χ1) is 8.11. The van der Waals surface area contributed by atoms with Gasteiger partial charge in [0.25, 0.3) is 0 Å². The number of rotatable bonds is 1. The monoisotopic (exact) mass is 225 g/mol. The van der Waals surface area contributed by atoms with Gasteiger partial charge >= 0.3 is 0 Å². The first-order valence-electron chi connectivity index (χ1n) is 5.39. The molecule has 2 aromatic rings. The van der Waals surface area contributed by atoms with Crippen molar-refractivity contribution in [3.63, 3.8) is 0 Å². The summed E-state index contributed by atoms with van der Waals surface area (Å²) < 4.78 is 13.8. The van der Waals surface area contributed by atoms with Gasteiger partial charge in [0.1, 0.15) is 5.82 Å². The third-order valence-corrected chi connectivity index (χ3v) is 2.71. The molecule has 0 fully saturated rings. The highest BCUT2D eigenvalue weighted by atomic mass is 19.1. The zero-order valence-electron chi connectivity index (χ0n) is 9.79. The summed E-state index contributed by atoms with van der Waals surface area (Å²) in [5.74, 6) is -0.287. The van der Waals surface area contributed by atoms with Crippen LogP contribution in [0, 0.1) is 31.0 Å². The van der Waals surface area contributed by atoms with Crippen molar-refractivity contribution in [1.29, 1.82) is 5.26 Å². The average Bonchev–Trinajstić information content (AvgIpc) is 2.30. The molecule has 0 bridgehead atoms. The lowest BCUT2D eigenvalue weighted by Crippen LogP contribution is -1.90. The minimum absolute atomic E-state index is 0.287. The first-order valence-corrected chi connectivity index (χ1v) is 5.39. The van der Waals surface area contributed by atoms with Crippen LogP contribution in [0.4, 0.5) is 4.39 Å². The maximum atomic E-state index is 13.8. The van der Waals surface area contributed by atoms with Gasteiger partial charge in [-0.05, 0) is 37.1 Å². The number of aryl methyl sites for hydroxylation is 2. The molecule has 0 amide bonds. The van der Waals surface area contributed by atoms with E-state index in [4.69, 9.17) is 5.26 Å². The van der Waals surface area contributed by atoms with Crippen LogP contribution >= 0.6 is 0 Å². The van der Waals surface area contributed by atoms with Crippen LogP contribution in [0.2, 0.25) is 0 Å². The predicted octanol–water partition coefficient (Wildman–Crippen LogP) is 3.98. The van der Waals surface area contributed by atoms with Crippen molar-refractivity contribution in [3.8, 4) is 17.2 Å². The Morgan fingerprint density at radius 2 is 1.53 bits per heavy atom. The van der Waals surface area contributed by atoms with Crippen molar-refractivity contribution in [2.75, 3.05) is 0 Å². The minimum atomic E-state index is -0.287. The molecule has 84 valence electrons. The minimum Gasteiger partial charge on any atom is -0.206 e. The van der Waals surface area contributed by atoms with Crippen molar-refractivity contribution in [1.82, 2.24) is 0 Å². The van der Waals surface area contributed by atoms with Gasteiger partial charge in [-0.2, -0.15) is 5.26 Å². The van der Waals surface area contributed by atoms with Gasteiger partial charge in [0.05, 0.1) is 11.6 Å². The van der Waals surface area contributed by atoms with E-state index in [0.29, 0.717) is 16.7 Å². The molecule has 2 heteroatoms. The number of nitriles is 1. The van der Waals surface area contributed by atoms with E-state index in [1.54, 1.807) is 18.2 Å². The van der Waals surface area contributed by atoms with E-state index < -0.39 is 0 Å². The summed E-state index contributed by atoms with van der Waals surface area (Å²) in [5.41, 5.74) is 3.50. The van der Waals surface area contributed by atoms with E-state index >= 15 is 0 Å². The molecule has 0 heterocycles. The average molecular weight is 225 g/mol. The summed E-state index contributed by atoms with van der Waals surface area (Å²) in [6.45, 7) is 3.75. The molecular formula is C15H12FN. The molecule has 0 saturated carbocycles. The molecule has 2 aromatic carbocycles. The Morgan fingerprint density at radius 1 is 0.941 bits per heavy atom. The molecule has 2 rings (SSSR count). The molecule has 1 nitrogen and oxygen atoms in total. The quantitative estimate of drug-likeness (QED) is 0.720. The van der Waals surface area contributed by atoms with Crippen molar-refractivity contribution in [2.24, 2.45) is 0 Å². The lowest BCUT2D eigenvalue weighted by atomic mass is 9.97. The highest BCUT2D eigenvalue weighted by Gasteiger charge is 2.09. The SMILES string of the molecule is Cc1ccc(-c2ccc(C)cc2C#N)c(F)c1. The van der Waals surface area contributed by atoms with Crippen LogP contribution in [-0.2, 0) is 0 Å². The Morgan fingerprint density at radius 3 is 2.12 bits per heavy atom. The summed E-state index contributed by atoms with van der Waals surface area (Å²) in [7, 11) is 0. The molecule has 0 radical (unpaired) electrons. The summed E-state index contributed by atoms with van der Waals surface area (Å²) in [6, 6.07) is 12.6. The molecule has 0 saturated heterocycles. The number of halogens is 1. The molecule has 0 aliphatic heterocycles. The van der Waals surface area contributed by atoms with Crippen LogP contribution in [-0.4, -0.2) is 0 Å². The second-order valence-electron chi connectivity index (χ2n) is 4.14. The lowest BCUT2D eigenvalue weighted by Gasteiger charge is -2.07. The van der Waals surface area contributed by atoms with Crippen molar-refractivity contribution < 1.29 is 4.39 Å². The fraction of sp³-hybridized carbons (Fsp3) is 0.133. The standard InChI is InChI=1S/C15H12FN/c1-10-3-5-13(12(7-10)9-17)14-6-4-11(2)8-15(14)16/h3-8H,1-2H3. The molecule has 0 atom stereocenters. The summed E-state index contributed by atoms with van der Waals surface area (Å²) in [5, 5.41) is 9.08. The van der Waals surface area contributed by atoms with Crippen LogP contribution in [0.1, 0.15) is 16.7 Å². The third-order valence-electron chi connectivity index (χ3n) is 2.71. The molecule has 0 aromatic heterocycles. The zero-order valence-corrected chi connectivity index (χ0v) is 9.79. The van der Waals surface area contributed by atoms with E-state index in [1.807, 2.05) is 26.0 Å². The largest absolute Gasteiger partial charge is 0.206 e. The van der Waals surface area contributed by atoms with Gasteiger partial charge in [-0.1, -0.05) is 24.3 Å². The van der Waals surface area contributed by atoms with Crippen molar-refractivity contribution >= 4 is 0 Å². The normalized spacial score (nSPS) is 10.0. The fourth-order valence-corrected chi connectivity index (χ4v) is 1.82. The van der Waals surface area contributed by atoms with E-state index in [2.05, 4.69) is 6.07 Å². The zero-order chi connectivity index (χ0) is 12.4. The number of hydrogen-bond acceptors (Lipinski definition) is 1. The third kappa shape index (κ3) is 2.19. The molecular weight excluding hydrogens is 213 g/mol. The Hall–Kier alpha value is -2.14. The van der Waals surface area contributed by atoms with Gasteiger partial charge in [-0.3, -0.25) is 0 Å². The van der Waals surface area contributed by atoms with Gasteiger partial charge in [0.15, 0.2) is 0 Å². The van der Waals surface area contributed by atoms with Crippen LogP contribution in [0.25, 0.3) is 11.1 Å². The highest BCUT2D eigenvalue weighted by Crippen LogP contribution is 2.27. The van der Waals surface area contributed by atoms with Crippen LogP contribution in [0.3, 0.4) is 0 Å². The van der Waals surface area contributed by atoms with Gasteiger partial charge in [0, 0.05) is 11.1 Å². The van der Waals surface area contributed by atoms with Gasteiger partial charge in [-0.15, -0.1) is 0 Å². The number of hydrogen-bond donors (Lipinski definition) is 0. The van der Waals surface area contributed by atoms with Gasteiger partial charge in [-0.25, -0.2) is 4.39 Å². The number of nitrogens with zero attached hydrogens (tertiary/aromatic N) is 1. The molecule has 0 unspecified atom stereocenters.